The lowest BCUT2D eigenvalue weighted by Crippen LogP contribution is -2.50. The third kappa shape index (κ3) is 4.25. The van der Waals surface area contributed by atoms with Gasteiger partial charge in [0.25, 0.3) is 0 Å². The van der Waals surface area contributed by atoms with Gasteiger partial charge in [0.15, 0.2) is 0 Å². The van der Waals surface area contributed by atoms with Crippen molar-refractivity contribution in [3.8, 4) is 0 Å². The fraction of sp³-hybridized carbons (Fsp3) is 0.556. The highest BCUT2D eigenvalue weighted by Gasteiger charge is 2.66. The Balaban J connectivity index is 1.23. The maximum absolute atomic E-state index is 13.6. The molecule has 210 valence electrons. The zero-order chi connectivity index (χ0) is 27.3. The number of hydrogen-bond acceptors (Lipinski definition) is 4. The molecule has 4 nitrogen and oxygen atoms in total. The Labute approximate surface area is 238 Å². The second-order valence-corrected chi connectivity index (χ2v) is 13.1. The highest BCUT2D eigenvalue weighted by atomic mass is 16.5. The summed E-state index contributed by atoms with van der Waals surface area (Å²) in [5.74, 6) is 2.97. The van der Waals surface area contributed by atoms with E-state index in [1.165, 1.54) is 44.1 Å². The lowest BCUT2D eigenvalue weighted by Gasteiger charge is -2.54. The Morgan fingerprint density at radius 1 is 1.00 bits per heavy atom. The number of hydrogen-bond donors (Lipinski definition) is 0. The largest absolute Gasteiger partial charge is 0.427 e. The van der Waals surface area contributed by atoms with Crippen LogP contribution in [0.1, 0.15) is 89.5 Å². The molecule has 8 rings (SSSR count). The minimum atomic E-state index is -0.530. The van der Waals surface area contributed by atoms with Crippen LogP contribution in [-0.4, -0.2) is 11.9 Å². The molecule has 2 bridgehead atoms. The van der Waals surface area contributed by atoms with E-state index in [1.807, 2.05) is 6.07 Å². The zero-order valence-electron chi connectivity index (χ0n) is 23.8. The fourth-order valence-corrected chi connectivity index (χ4v) is 9.08. The summed E-state index contributed by atoms with van der Waals surface area (Å²) in [5, 5.41) is 0. The van der Waals surface area contributed by atoms with Crippen molar-refractivity contribution in [2.24, 2.45) is 35.0 Å². The summed E-state index contributed by atoms with van der Waals surface area (Å²) in [7, 11) is 0. The standard InChI is InChI=1S/C36H42O4/c1-2-23(20-25-12-7-4-8-13-25)21-31-36-19-18-26(22-29(36)34(37)40-31)27-16-17-28-30(39-35(38)32(28)33(27)36)15-9-14-24-10-5-3-6-11-24/h4,7-8,12-13,15,21-24,26-27,33H,2-3,5-6,9-11,14,16-20H2,1H3/b30-15?,31-21-/t23-,26-,27-,33+,36+/m0/s1. The molecule has 5 atom stereocenters. The van der Waals surface area contributed by atoms with Crippen LogP contribution < -0.4 is 0 Å². The van der Waals surface area contributed by atoms with E-state index in [4.69, 9.17) is 9.47 Å². The highest BCUT2D eigenvalue weighted by Crippen LogP contribution is 2.68. The van der Waals surface area contributed by atoms with Crippen LogP contribution in [0.2, 0.25) is 0 Å². The normalized spacial score (nSPS) is 33.9. The van der Waals surface area contributed by atoms with E-state index >= 15 is 0 Å². The number of fused-ring (bicyclic) bond motifs is 1. The smallest absolute Gasteiger partial charge is 0.340 e. The molecular weight excluding hydrogens is 496 g/mol. The van der Waals surface area contributed by atoms with Gasteiger partial charge in [0, 0.05) is 22.6 Å². The summed E-state index contributed by atoms with van der Waals surface area (Å²) in [5.41, 5.74) is 3.54. The van der Waals surface area contributed by atoms with E-state index in [9.17, 15) is 9.59 Å². The second kappa shape index (κ2) is 10.5. The summed E-state index contributed by atoms with van der Waals surface area (Å²) in [6, 6.07) is 10.6. The lowest BCUT2D eigenvalue weighted by atomic mass is 9.46. The van der Waals surface area contributed by atoms with Gasteiger partial charge in [-0.1, -0.05) is 75.4 Å². The fourth-order valence-electron chi connectivity index (χ4n) is 9.08. The van der Waals surface area contributed by atoms with Crippen molar-refractivity contribution >= 4 is 11.9 Å². The molecule has 1 aromatic carbocycles. The lowest BCUT2D eigenvalue weighted by molar-refractivity contribution is -0.135. The van der Waals surface area contributed by atoms with E-state index < -0.39 is 5.41 Å². The molecule has 1 saturated heterocycles. The van der Waals surface area contributed by atoms with Gasteiger partial charge >= 0.3 is 11.9 Å². The molecule has 2 saturated carbocycles. The maximum atomic E-state index is 13.6. The molecule has 1 aromatic rings. The van der Waals surface area contributed by atoms with Crippen LogP contribution in [-0.2, 0) is 25.5 Å². The highest BCUT2D eigenvalue weighted by molar-refractivity contribution is 5.99. The topological polar surface area (TPSA) is 52.6 Å². The molecule has 1 spiro atoms. The average Bonchev–Trinajstić information content (AvgIpc) is 3.47. The van der Waals surface area contributed by atoms with E-state index in [0.717, 1.165) is 79.1 Å². The predicted molar refractivity (Wildman–Crippen MR) is 155 cm³/mol. The molecule has 4 heteroatoms. The van der Waals surface area contributed by atoms with Crippen LogP contribution in [0.25, 0.3) is 0 Å². The van der Waals surface area contributed by atoms with Gasteiger partial charge in [-0.2, -0.15) is 0 Å². The van der Waals surface area contributed by atoms with Crippen LogP contribution in [0.5, 0.6) is 0 Å². The van der Waals surface area contributed by atoms with Crippen LogP contribution in [0.3, 0.4) is 0 Å². The Kier molecular flexibility index (Phi) is 6.84. The van der Waals surface area contributed by atoms with Gasteiger partial charge in [0.05, 0.1) is 5.41 Å². The monoisotopic (exact) mass is 538 g/mol. The number of allylic oxidation sites excluding steroid dienone is 5. The molecule has 5 aliphatic carbocycles. The number of cyclic esters (lactones) is 2. The van der Waals surface area contributed by atoms with Gasteiger partial charge in [-0.25, -0.2) is 9.59 Å². The molecule has 0 amide bonds. The van der Waals surface area contributed by atoms with E-state index in [1.54, 1.807) is 0 Å². The van der Waals surface area contributed by atoms with E-state index in [2.05, 4.69) is 49.4 Å². The van der Waals surface area contributed by atoms with Gasteiger partial charge in [-0.05, 0) is 92.8 Å². The van der Waals surface area contributed by atoms with Crippen molar-refractivity contribution in [2.45, 2.75) is 90.4 Å². The van der Waals surface area contributed by atoms with Crippen molar-refractivity contribution in [1.29, 1.82) is 0 Å². The van der Waals surface area contributed by atoms with Gasteiger partial charge in [-0.3, -0.25) is 0 Å². The Bertz CT molecular complexity index is 1310. The molecule has 0 aromatic heterocycles. The number of carbonyl (C=O) groups excluding carboxylic acids is 2. The predicted octanol–water partition coefficient (Wildman–Crippen LogP) is 8.16. The third-order valence-corrected chi connectivity index (χ3v) is 11.1. The molecule has 0 unspecified atom stereocenters. The Morgan fingerprint density at radius 2 is 1.82 bits per heavy atom. The number of esters is 2. The molecule has 2 heterocycles. The van der Waals surface area contributed by atoms with E-state index in [-0.39, 0.29) is 23.8 Å². The molecule has 0 radical (unpaired) electrons. The van der Waals surface area contributed by atoms with Crippen molar-refractivity contribution < 1.29 is 19.1 Å². The SMILES string of the molecule is CC[C@H](/C=C1\OC(=O)C2=C[C@@H]3CC[C@@]21[C@H]1C2=C(CC[C@@H]31)C(=CCCC1CCCCC1)OC2=O)Cc1ccccc1. The first-order valence-electron chi connectivity index (χ1n) is 15.9. The summed E-state index contributed by atoms with van der Waals surface area (Å²) < 4.78 is 12.2. The van der Waals surface area contributed by atoms with Crippen molar-refractivity contribution in [3.63, 3.8) is 0 Å². The van der Waals surface area contributed by atoms with Crippen LogP contribution in [0, 0.1) is 35.0 Å². The molecule has 2 aliphatic heterocycles. The van der Waals surface area contributed by atoms with Crippen molar-refractivity contribution in [2.75, 3.05) is 0 Å². The Morgan fingerprint density at radius 3 is 2.62 bits per heavy atom. The molecular formula is C36H42O4. The van der Waals surface area contributed by atoms with Crippen LogP contribution in [0.4, 0.5) is 0 Å². The number of ether oxygens (including phenoxy) is 2. The third-order valence-electron chi connectivity index (χ3n) is 11.1. The first-order valence-corrected chi connectivity index (χ1v) is 15.9. The minimum absolute atomic E-state index is 0.0290. The minimum Gasteiger partial charge on any atom is -0.427 e. The average molecular weight is 539 g/mol. The van der Waals surface area contributed by atoms with Crippen molar-refractivity contribution in [3.05, 3.63) is 82.4 Å². The number of carbonyl (C=O) groups is 2. The second-order valence-electron chi connectivity index (χ2n) is 13.1. The summed E-state index contributed by atoms with van der Waals surface area (Å²) in [6.45, 7) is 2.20. The molecule has 7 aliphatic rings. The zero-order valence-corrected chi connectivity index (χ0v) is 23.8. The van der Waals surface area contributed by atoms with Gasteiger partial charge in [0.2, 0.25) is 0 Å². The maximum Gasteiger partial charge on any atom is 0.340 e. The van der Waals surface area contributed by atoms with Crippen LogP contribution >= 0.6 is 0 Å². The van der Waals surface area contributed by atoms with Gasteiger partial charge in [-0.15, -0.1) is 0 Å². The van der Waals surface area contributed by atoms with Crippen molar-refractivity contribution in [1.82, 2.24) is 0 Å². The summed E-state index contributed by atoms with van der Waals surface area (Å²) in [6.07, 6.45) is 21.3. The summed E-state index contributed by atoms with van der Waals surface area (Å²) in [4.78, 5) is 27.0. The van der Waals surface area contributed by atoms with Crippen LogP contribution in [0.15, 0.2) is 76.8 Å². The van der Waals surface area contributed by atoms with E-state index in [0.29, 0.717) is 11.8 Å². The molecule has 40 heavy (non-hydrogen) atoms. The quantitative estimate of drug-likeness (QED) is 0.329. The van der Waals surface area contributed by atoms with Gasteiger partial charge < -0.3 is 9.47 Å². The molecule has 0 N–H and O–H groups in total. The first-order chi connectivity index (χ1) is 19.6. The number of rotatable bonds is 7. The Hall–Kier alpha value is -2.88. The number of benzene rings is 1. The first kappa shape index (κ1) is 26.0. The molecule has 3 fully saturated rings. The summed E-state index contributed by atoms with van der Waals surface area (Å²) >= 11 is 0. The van der Waals surface area contributed by atoms with Gasteiger partial charge in [0.1, 0.15) is 11.5 Å².